The molecule has 0 heterocycles. The van der Waals surface area contributed by atoms with Crippen LogP contribution in [0.2, 0.25) is 0 Å². The standard InChI is InChI=1S/C17H16FN3O/c1-11-7-8-14(9-15(11)18)20-12(2)17(22)21-16-6-4-3-5-13(16)10-19/h3-9,12,20H,1-2H3,(H,21,22)/t12-/m0/s1. The van der Waals surface area contributed by atoms with Crippen molar-refractivity contribution in [3.63, 3.8) is 0 Å². The van der Waals surface area contributed by atoms with Crippen LogP contribution in [0, 0.1) is 24.1 Å². The normalized spacial score (nSPS) is 11.4. The number of carbonyl (C=O) groups is 1. The monoisotopic (exact) mass is 297 g/mol. The molecule has 0 bridgehead atoms. The second-order valence-corrected chi connectivity index (χ2v) is 4.98. The Balaban J connectivity index is 2.06. The molecule has 2 N–H and O–H groups in total. The molecule has 0 aromatic heterocycles. The van der Waals surface area contributed by atoms with E-state index in [4.69, 9.17) is 5.26 Å². The summed E-state index contributed by atoms with van der Waals surface area (Å²) in [6.07, 6.45) is 0. The highest BCUT2D eigenvalue weighted by Gasteiger charge is 2.14. The van der Waals surface area contributed by atoms with Crippen molar-refractivity contribution in [2.24, 2.45) is 0 Å². The first-order valence-corrected chi connectivity index (χ1v) is 6.84. The van der Waals surface area contributed by atoms with Gasteiger partial charge in [0.1, 0.15) is 17.9 Å². The molecular formula is C17H16FN3O. The highest BCUT2D eigenvalue weighted by Crippen LogP contribution is 2.16. The summed E-state index contributed by atoms with van der Waals surface area (Å²) >= 11 is 0. The Labute approximate surface area is 128 Å². The van der Waals surface area contributed by atoms with Gasteiger partial charge in [0.15, 0.2) is 0 Å². The van der Waals surface area contributed by atoms with Crippen LogP contribution in [0.25, 0.3) is 0 Å². The molecule has 5 heteroatoms. The molecular weight excluding hydrogens is 281 g/mol. The van der Waals surface area contributed by atoms with Crippen LogP contribution in [0.3, 0.4) is 0 Å². The first-order chi connectivity index (χ1) is 10.5. The van der Waals surface area contributed by atoms with Gasteiger partial charge in [-0.1, -0.05) is 18.2 Å². The lowest BCUT2D eigenvalue weighted by atomic mass is 10.1. The Morgan fingerprint density at radius 1 is 1.27 bits per heavy atom. The Morgan fingerprint density at radius 2 is 2.00 bits per heavy atom. The van der Waals surface area contributed by atoms with Gasteiger partial charge in [-0.15, -0.1) is 0 Å². The van der Waals surface area contributed by atoms with Gasteiger partial charge >= 0.3 is 0 Å². The first kappa shape index (κ1) is 15.5. The van der Waals surface area contributed by atoms with E-state index in [9.17, 15) is 9.18 Å². The van der Waals surface area contributed by atoms with E-state index in [0.29, 0.717) is 22.5 Å². The van der Waals surface area contributed by atoms with Crippen molar-refractivity contribution in [1.29, 1.82) is 5.26 Å². The highest BCUT2D eigenvalue weighted by atomic mass is 19.1. The number of nitrogens with zero attached hydrogens (tertiary/aromatic N) is 1. The molecule has 0 aliphatic rings. The zero-order chi connectivity index (χ0) is 16.1. The van der Waals surface area contributed by atoms with Gasteiger partial charge in [0.05, 0.1) is 11.3 Å². The summed E-state index contributed by atoms with van der Waals surface area (Å²) in [5, 5.41) is 14.6. The van der Waals surface area contributed by atoms with Gasteiger partial charge in [-0.05, 0) is 43.7 Å². The van der Waals surface area contributed by atoms with E-state index < -0.39 is 6.04 Å². The minimum Gasteiger partial charge on any atom is -0.374 e. The third-order valence-corrected chi connectivity index (χ3v) is 3.25. The molecule has 0 radical (unpaired) electrons. The van der Waals surface area contributed by atoms with Crippen LogP contribution >= 0.6 is 0 Å². The predicted octanol–water partition coefficient (Wildman–Crippen LogP) is 3.44. The number of nitrogens with one attached hydrogen (secondary N) is 2. The minimum atomic E-state index is -0.575. The summed E-state index contributed by atoms with van der Waals surface area (Å²) in [5.74, 6) is -0.629. The molecule has 0 spiro atoms. The lowest BCUT2D eigenvalue weighted by Crippen LogP contribution is -2.32. The molecule has 0 unspecified atom stereocenters. The van der Waals surface area contributed by atoms with Gasteiger partial charge < -0.3 is 10.6 Å². The van der Waals surface area contributed by atoms with Crippen LogP contribution in [-0.2, 0) is 4.79 Å². The fourth-order valence-electron chi connectivity index (χ4n) is 1.93. The summed E-state index contributed by atoms with van der Waals surface area (Å²) in [5.41, 5.74) is 1.92. The summed E-state index contributed by atoms with van der Waals surface area (Å²) in [6, 6.07) is 12.9. The van der Waals surface area contributed by atoms with Gasteiger partial charge in [-0.2, -0.15) is 5.26 Å². The number of amides is 1. The lowest BCUT2D eigenvalue weighted by molar-refractivity contribution is -0.116. The molecule has 0 saturated heterocycles. The Bertz CT molecular complexity index is 737. The average molecular weight is 297 g/mol. The molecule has 22 heavy (non-hydrogen) atoms. The maximum Gasteiger partial charge on any atom is 0.246 e. The zero-order valence-electron chi connectivity index (χ0n) is 12.4. The van der Waals surface area contributed by atoms with Crippen molar-refractivity contribution in [2.75, 3.05) is 10.6 Å². The molecule has 2 aromatic carbocycles. The molecule has 0 aliphatic heterocycles. The summed E-state index contributed by atoms with van der Waals surface area (Å²) in [7, 11) is 0. The van der Waals surface area contributed by atoms with Gasteiger partial charge in [0.25, 0.3) is 0 Å². The molecule has 1 atom stereocenters. The van der Waals surface area contributed by atoms with Crippen LogP contribution in [0.4, 0.5) is 15.8 Å². The van der Waals surface area contributed by atoms with Crippen LogP contribution < -0.4 is 10.6 Å². The lowest BCUT2D eigenvalue weighted by Gasteiger charge is -2.16. The fourth-order valence-corrected chi connectivity index (χ4v) is 1.93. The van der Waals surface area contributed by atoms with E-state index in [2.05, 4.69) is 10.6 Å². The Kier molecular flexibility index (Phi) is 4.74. The quantitative estimate of drug-likeness (QED) is 0.908. The van der Waals surface area contributed by atoms with Crippen LogP contribution in [0.15, 0.2) is 42.5 Å². The number of hydrogen-bond acceptors (Lipinski definition) is 3. The molecule has 0 aliphatic carbocycles. The summed E-state index contributed by atoms with van der Waals surface area (Å²) in [6.45, 7) is 3.34. The molecule has 0 saturated carbocycles. The van der Waals surface area contributed by atoms with Crippen LogP contribution in [0.5, 0.6) is 0 Å². The SMILES string of the molecule is Cc1ccc(N[C@@H](C)C(=O)Nc2ccccc2C#N)cc1F. The molecule has 2 rings (SSSR count). The van der Waals surface area contributed by atoms with E-state index in [0.717, 1.165) is 0 Å². The summed E-state index contributed by atoms with van der Waals surface area (Å²) < 4.78 is 13.5. The third kappa shape index (κ3) is 3.61. The molecule has 4 nitrogen and oxygen atoms in total. The van der Waals surface area contributed by atoms with Crippen molar-refractivity contribution in [2.45, 2.75) is 19.9 Å². The van der Waals surface area contributed by atoms with Crippen LogP contribution in [0.1, 0.15) is 18.1 Å². The maximum atomic E-state index is 13.5. The smallest absolute Gasteiger partial charge is 0.246 e. The van der Waals surface area contributed by atoms with E-state index in [1.54, 1.807) is 50.2 Å². The zero-order valence-corrected chi connectivity index (χ0v) is 12.4. The molecule has 112 valence electrons. The second-order valence-electron chi connectivity index (χ2n) is 4.98. The van der Waals surface area contributed by atoms with Crippen molar-refractivity contribution in [3.05, 3.63) is 59.4 Å². The minimum absolute atomic E-state index is 0.302. The van der Waals surface area contributed by atoms with E-state index in [1.807, 2.05) is 6.07 Å². The number of para-hydroxylation sites is 1. The van der Waals surface area contributed by atoms with Crippen molar-refractivity contribution < 1.29 is 9.18 Å². The topological polar surface area (TPSA) is 64.9 Å². The number of halogens is 1. The van der Waals surface area contributed by atoms with Crippen molar-refractivity contribution in [1.82, 2.24) is 0 Å². The molecule has 0 fully saturated rings. The Morgan fingerprint density at radius 3 is 2.68 bits per heavy atom. The number of benzene rings is 2. The van der Waals surface area contributed by atoms with Gasteiger partial charge in [-0.25, -0.2) is 4.39 Å². The fraction of sp³-hybridized carbons (Fsp3) is 0.176. The maximum absolute atomic E-state index is 13.5. The summed E-state index contributed by atoms with van der Waals surface area (Å²) in [4.78, 5) is 12.2. The number of rotatable bonds is 4. The number of nitriles is 1. The largest absolute Gasteiger partial charge is 0.374 e. The molecule has 1 amide bonds. The van der Waals surface area contributed by atoms with Crippen molar-refractivity contribution >= 4 is 17.3 Å². The number of aryl methyl sites for hydroxylation is 1. The number of hydrogen-bond donors (Lipinski definition) is 2. The molecule has 2 aromatic rings. The van der Waals surface area contributed by atoms with E-state index in [1.165, 1.54) is 6.07 Å². The van der Waals surface area contributed by atoms with E-state index >= 15 is 0 Å². The second kappa shape index (κ2) is 6.72. The highest BCUT2D eigenvalue weighted by molar-refractivity contribution is 5.97. The first-order valence-electron chi connectivity index (χ1n) is 6.84. The third-order valence-electron chi connectivity index (χ3n) is 3.25. The van der Waals surface area contributed by atoms with Crippen molar-refractivity contribution in [3.8, 4) is 6.07 Å². The van der Waals surface area contributed by atoms with E-state index in [-0.39, 0.29) is 11.7 Å². The average Bonchev–Trinajstić information content (AvgIpc) is 2.51. The number of anilines is 2. The van der Waals surface area contributed by atoms with Gasteiger partial charge in [0.2, 0.25) is 5.91 Å². The van der Waals surface area contributed by atoms with Gasteiger partial charge in [-0.3, -0.25) is 4.79 Å². The van der Waals surface area contributed by atoms with Gasteiger partial charge in [0, 0.05) is 5.69 Å². The Hall–Kier alpha value is -2.87. The number of carbonyl (C=O) groups excluding carboxylic acids is 1. The predicted molar refractivity (Wildman–Crippen MR) is 84.0 cm³/mol. The van der Waals surface area contributed by atoms with Crippen LogP contribution in [-0.4, -0.2) is 11.9 Å².